The first-order chi connectivity index (χ1) is 8.19. The maximum Gasteiger partial charge on any atom is 0.224 e. The Kier molecular flexibility index (Phi) is 3.55. The van der Waals surface area contributed by atoms with Crippen molar-refractivity contribution in [1.29, 1.82) is 5.26 Å². The molecule has 1 saturated carbocycles. The fraction of sp³-hybridized carbons (Fsp3) is 0.583. The standard InChI is InChI=1S/C12H16N4O/c1-8-5-10(6-13)16-12(15-8)14-7-9-3-2-4-11(9)17/h5,9,11,17H,2-4,7H2,1H3,(H,14,15,16). The van der Waals surface area contributed by atoms with Crippen LogP contribution in [-0.4, -0.2) is 27.7 Å². The van der Waals surface area contributed by atoms with Crippen molar-refractivity contribution in [3.05, 3.63) is 17.5 Å². The fourth-order valence-electron chi connectivity index (χ4n) is 2.18. The molecule has 1 aliphatic carbocycles. The molecule has 1 heterocycles. The number of aliphatic hydroxyl groups is 1. The van der Waals surface area contributed by atoms with Gasteiger partial charge in [0.2, 0.25) is 5.95 Å². The average Bonchev–Trinajstić information content (AvgIpc) is 2.71. The lowest BCUT2D eigenvalue weighted by Crippen LogP contribution is -2.22. The van der Waals surface area contributed by atoms with Crippen molar-refractivity contribution in [3.63, 3.8) is 0 Å². The number of aromatic nitrogens is 2. The van der Waals surface area contributed by atoms with E-state index < -0.39 is 0 Å². The number of hydrogen-bond donors (Lipinski definition) is 2. The molecule has 5 heteroatoms. The summed E-state index contributed by atoms with van der Waals surface area (Å²) >= 11 is 0. The SMILES string of the molecule is Cc1cc(C#N)nc(NCC2CCCC2O)n1. The Labute approximate surface area is 101 Å². The van der Waals surface area contributed by atoms with Crippen LogP contribution >= 0.6 is 0 Å². The highest BCUT2D eigenvalue weighted by molar-refractivity contribution is 5.33. The lowest BCUT2D eigenvalue weighted by molar-refractivity contribution is 0.138. The van der Waals surface area contributed by atoms with Crippen molar-refractivity contribution < 1.29 is 5.11 Å². The molecule has 0 aliphatic heterocycles. The summed E-state index contributed by atoms with van der Waals surface area (Å²) in [6.07, 6.45) is 2.77. The van der Waals surface area contributed by atoms with Crippen LogP contribution in [-0.2, 0) is 0 Å². The minimum Gasteiger partial charge on any atom is -0.393 e. The second-order valence-electron chi connectivity index (χ2n) is 4.47. The van der Waals surface area contributed by atoms with E-state index in [9.17, 15) is 5.11 Å². The molecule has 17 heavy (non-hydrogen) atoms. The van der Waals surface area contributed by atoms with Crippen LogP contribution in [0.25, 0.3) is 0 Å². The number of rotatable bonds is 3. The van der Waals surface area contributed by atoms with Crippen LogP contribution in [0.4, 0.5) is 5.95 Å². The Morgan fingerprint density at radius 2 is 2.35 bits per heavy atom. The Morgan fingerprint density at radius 3 is 3.00 bits per heavy atom. The molecule has 0 bridgehead atoms. The Morgan fingerprint density at radius 1 is 1.53 bits per heavy atom. The van der Waals surface area contributed by atoms with E-state index in [-0.39, 0.29) is 12.0 Å². The first kappa shape index (κ1) is 11.8. The minimum atomic E-state index is -0.220. The zero-order chi connectivity index (χ0) is 12.3. The van der Waals surface area contributed by atoms with Gasteiger partial charge in [0.25, 0.3) is 0 Å². The molecule has 0 spiro atoms. The molecule has 1 aromatic rings. The third kappa shape index (κ3) is 2.92. The van der Waals surface area contributed by atoms with Crippen LogP contribution in [0.2, 0.25) is 0 Å². The first-order valence-corrected chi connectivity index (χ1v) is 5.87. The van der Waals surface area contributed by atoms with Gasteiger partial charge in [-0.25, -0.2) is 9.97 Å². The van der Waals surface area contributed by atoms with Crippen LogP contribution in [0.15, 0.2) is 6.07 Å². The van der Waals surface area contributed by atoms with E-state index in [1.165, 1.54) is 0 Å². The Balaban J connectivity index is 1.99. The second-order valence-corrected chi connectivity index (χ2v) is 4.47. The Hall–Kier alpha value is -1.67. The van der Waals surface area contributed by atoms with E-state index >= 15 is 0 Å². The molecule has 1 aromatic heterocycles. The third-order valence-corrected chi connectivity index (χ3v) is 3.11. The molecule has 2 rings (SSSR count). The van der Waals surface area contributed by atoms with Crippen molar-refractivity contribution in [1.82, 2.24) is 9.97 Å². The van der Waals surface area contributed by atoms with Gasteiger partial charge in [-0.05, 0) is 25.8 Å². The van der Waals surface area contributed by atoms with Crippen LogP contribution in [0, 0.1) is 24.2 Å². The summed E-state index contributed by atoms with van der Waals surface area (Å²) in [5.41, 5.74) is 1.14. The van der Waals surface area contributed by atoms with E-state index in [2.05, 4.69) is 15.3 Å². The van der Waals surface area contributed by atoms with Crippen molar-refractivity contribution in [3.8, 4) is 6.07 Å². The molecule has 2 N–H and O–H groups in total. The maximum absolute atomic E-state index is 9.69. The number of aliphatic hydroxyl groups excluding tert-OH is 1. The van der Waals surface area contributed by atoms with Gasteiger partial charge in [0.05, 0.1) is 6.10 Å². The highest BCUT2D eigenvalue weighted by Crippen LogP contribution is 2.25. The van der Waals surface area contributed by atoms with Gasteiger partial charge in [-0.15, -0.1) is 0 Å². The summed E-state index contributed by atoms with van der Waals surface area (Å²) in [4.78, 5) is 8.29. The summed E-state index contributed by atoms with van der Waals surface area (Å²) in [7, 11) is 0. The summed E-state index contributed by atoms with van der Waals surface area (Å²) in [6.45, 7) is 2.49. The number of nitrogens with one attached hydrogen (secondary N) is 1. The molecule has 90 valence electrons. The summed E-state index contributed by atoms with van der Waals surface area (Å²) in [5, 5.41) is 21.6. The summed E-state index contributed by atoms with van der Waals surface area (Å²) in [5.74, 6) is 0.741. The molecular formula is C12H16N4O. The van der Waals surface area contributed by atoms with Gasteiger partial charge in [-0.1, -0.05) is 6.42 Å². The van der Waals surface area contributed by atoms with Crippen LogP contribution in [0.5, 0.6) is 0 Å². The van der Waals surface area contributed by atoms with Gasteiger partial charge in [0.1, 0.15) is 11.8 Å². The van der Waals surface area contributed by atoms with Crippen molar-refractivity contribution >= 4 is 5.95 Å². The number of nitriles is 1. The van der Waals surface area contributed by atoms with Crippen LogP contribution in [0.3, 0.4) is 0 Å². The summed E-state index contributed by atoms with van der Waals surface area (Å²) in [6, 6.07) is 3.65. The van der Waals surface area contributed by atoms with Crippen LogP contribution in [0.1, 0.15) is 30.7 Å². The van der Waals surface area contributed by atoms with Gasteiger partial charge in [0.15, 0.2) is 0 Å². The van der Waals surface area contributed by atoms with Crippen molar-refractivity contribution in [2.24, 2.45) is 5.92 Å². The van der Waals surface area contributed by atoms with Gasteiger partial charge in [0, 0.05) is 18.2 Å². The van der Waals surface area contributed by atoms with Gasteiger partial charge in [-0.2, -0.15) is 5.26 Å². The smallest absolute Gasteiger partial charge is 0.224 e. The van der Waals surface area contributed by atoms with Gasteiger partial charge >= 0.3 is 0 Å². The van der Waals surface area contributed by atoms with E-state index in [1.54, 1.807) is 6.07 Å². The molecule has 2 atom stereocenters. The quantitative estimate of drug-likeness (QED) is 0.819. The molecule has 1 fully saturated rings. The second kappa shape index (κ2) is 5.11. The molecule has 2 unspecified atom stereocenters. The van der Waals surface area contributed by atoms with E-state index in [4.69, 9.17) is 5.26 Å². The number of anilines is 1. The monoisotopic (exact) mass is 232 g/mol. The normalized spacial score (nSPS) is 23.4. The topological polar surface area (TPSA) is 81.8 Å². The number of aryl methyl sites for hydroxylation is 1. The van der Waals surface area contributed by atoms with E-state index in [0.29, 0.717) is 18.2 Å². The predicted molar refractivity (Wildman–Crippen MR) is 63.3 cm³/mol. The van der Waals surface area contributed by atoms with Gasteiger partial charge < -0.3 is 10.4 Å². The zero-order valence-corrected chi connectivity index (χ0v) is 9.85. The first-order valence-electron chi connectivity index (χ1n) is 5.87. The highest BCUT2D eigenvalue weighted by atomic mass is 16.3. The zero-order valence-electron chi connectivity index (χ0n) is 9.85. The molecule has 1 aliphatic rings. The van der Waals surface area contributed by atoms with E-state index in [0.717, 1.165) is 25.0 Å². The molecular weight excluding hydrogens is 216 g/mol. The summed E-state index contributed by atoms with van der Waals surface area (Å²) < 4.78 is 0. The van der Waals surface area contributed by atoms with Crippen molar-refractivity contribution in [2.75, 3.05) is 11.9 Å². The molecule has 0 radical (unpaired) electrons. The molecule has 5 nitrogen and oxygen atoms in total. The Bertz CT molecular complexity index is 441. The largest absolute Gasteiger partial charge is 0.393 e. The lowest BCUT2D eigenvalue weighted by Gasteiger charge is -2.15. The van der Waals surface area contributed by atoms with E-state index in [1.807, 2.05) is 13.0 Å². The number of hydrogen-bond acceptors (Lipinski definition) is 5. The van der Waals surface area contributed by atoms with Gasteiger partial charge in [-0.3, -0.25) is 0 Å². The molecule has 0 aromatic carbocycles. The van der Waals surface area contributed by atoms with Crippen LogP contribution < -0.4 is 5.32 Å². The maximum atomic E-state index is 9.69. The minimum absolute atomic E-state index is 0.220. The third-order valence-electron chi connectivity index (χ3n) is 3.11. The number of nitrogens with zero attached hydrogens (tertiary/aromatic N) is 3. The predicted octanol–water partition coefficient (Wildman–Crippen LogP) is 1.23. The lowest BCUT2D eigenvalue weighted by atomic mass is 10.1. The fourth-order valence-corrected chi connectivity index (χ4v) is 2.18. The van der Waals surface area contributed by atoms with Crippen molar-refractivity contribution in [2.45, 2.75) is 32.3 Å². The molecule has 0 saturated heterocycles. The highest BCUT2D eigenvalue weighted by Gasteiger charge is 2.24. The molecule has 0 amide bonds. The average molecular weight is 232 g/mol.